The van der Waals surface area contributed by atoms with Gasteiger partial charge in [-0.3, -0.25) is 0 Å². The molecule has 0 bridgehead atoms. The monoisotopic (exact) mass is 301 g/mol. The van der Waals surface area contributed by atoms with Crippen molar-refractivity contribution in [2.45, 2.75) is 0 Å². The standard InChI is InChI=1S/C2H8N2.5ClH.Cu/c3-1-2-4;;;;;;/h1-4H2;5*1H;/q;;;;;;+2/p-2. The fourth-order valence-electron chi connectivity index (χ4n) is 0. The summed E-state index contributed by atoms with van der Waals surface area (Å²) in [5.41, 5.74) is 9.81. The molecule has 0 aliphatic carbocycles. The van der Waals surface area contributed by atoms with Crippen molar-refractivity contribution in [1.29, 1.82) is 0 Å². The van der Waals surface area contributed by atoms with E-state index in [1.165, 1.54) is 0 Å². The summed E-state index contributed by atoms with van der Waals surface area (Å²) in [6.45, 7) is 1.19. The van der Waals surface area contributed by atoms with Gasteiger partial charge < -0.3 is 11.5 Å². The van der Waals surface area contributed by atoms with Crippen LogP contribution in [0, 0.1) is 0 Å². The number of rotatable bonds is 1. The van der Waals surface area contributed by atoms with Crippen LogP contribution in [0.3, 0.4) is 0 Å². The van der Waals surface area contributed by atoms with Gasteiger partial charge in [0.25, 0.3) is 0 Å². The van der Waals surface area contributed by atoms with Crippen LogP contribution in [0.5, 0.6) is 0 Å². The molecule has 0 heterocycles. The Hall–Kier alpha value is 1.89. The van der Waals surface area contributed by atoms with Gasteiger partial charge in [-0.1, -0.05) is 0 Å². The predicted molar refractivity (Wildman–Crippen MR) is 51.6 cm³/mol. The van der Waals surface area contributed by atoms with Gasteiger partial charge >= 0.3 is 33.3 Å². The van der Waals surface area contributed by atoms with E-state index in [4.69, 9.17) is 11.5 Å². The van der Waals surface area contributed by atoms with E-state index in [0.717, 1.165) is 13.1 Å². The SMILES string of the molecule is Cl.Cl.Cl.NCCN.[Cl][Cu][Cl]. The number of hydrogen-bond donors (Lipinski definition) is 2. The molecule has 0 aliphatic heterocycles. The molecule has 0 rings (SSSR count). The third-order valence-electron chi connectivity index (χ3n) is 0.167. The third-order valence-corrected chi connectivity index (χ3v) is 0.167. The van der Waals surface area contributed by atoms with Gasteiger partial charge in [-0.05, 0) is 0 Å². The molecule has 0 atom stereocenters. The molecule has 0 amide bonds. The van der Waals surface area contributed by atoms with E-state index in [2.05, 4.69) is 20.2 Å². The average Bonchev–Trinajstić information content (AvgIpc) is 1.69. The Balaban J connectivity index is -0.0000000131. The average molecular weight is 304 g/mol. The van der Waals surface area contributed by atoms with Crippen molar-refractivity contribution in [3.63, 3.8) is 0 Å². The van der Waals surface area contributed by atoms with E-state index < -0.39 is 0 Å². The molecule has 0 aliphatic rings. The van der Waals surface area contributed by atoms with Crippen molar-refractivity contribution in [2.24, 2.45) is 11.5 Å². The zero-order valence-electron chi connectivity index (χ0n) is 4.85. The first kappa shape index (κ1) is 29.7. The summed E-state index contributed by atoms with van der Waals surface area (Å²) in [6.07, 6.45) is 0. The van der Waals surface area contributed by atoms with Gasteiger partial charge in [-0.25, -0.2) is 0 Å². The summed E-state index contributed by atoms with van der Waals surface area (Å²) in [5, 5.41) is 0. The molecular weight excluding hydrogens is 293 g/mol. The molecular formula is C2H11Cl5CuN2. The van der Waals surface area contributed by atoms with E-state index in [-0.39, 0.29) is 37.2 Å². The first-order chi connectivity index (χ1) is 3.33. The van der Waals surface area contributed by atoms with Crippen molar-refractivity contribution in [3.8, 4) is 0 Å². The van der Waals surface area contributed by atoms with Gasteiger partial charge in [-0.2, -0.15) is 0 Å². The molecule has 4 N–H and O–H groups in total. The summed E-state index contributed by atoms with van der Waals surface area (Å²) >= 11 is 0.757. The molecule has 0 saturated heterocycles. The van der Waals surface area contributed by atoms with Crippen molar-refractivity contribution in [3.05, 3.63) is 0 Å². The topological polar surface area (TPSA) is 52.0 Å². The Kier molecular flexibility index (Phi) is 132. The van der Waals surface area contributed by atoms with Crippen LogP contribution in [0.15, 0.2) is 0 Å². The van der Waals surface area contributed by atoms with Gasteiger partial charge in [-0.15, -0.1) is 37.2 Å². The second kappa shape index (κ2) is 44.5. The second-order valence-electron chi connectivity index (χ2n) is 0.620. The van der Waals surface area contributed by atoms with Gasteiger partial charge in [0.1, 0.15) is 0 Å². The van der Waals surface area contributed by atoms with Crippen LogP contribution in [0.2, 0.25) is 0 Å². The maximum absolute atomic E-state index is 4.90. The molecule has 0 aromatic carbocycles. The Bertz CT molecular complexity index is 25.1. The van der Waals surface area contributed by atoms with E-state index in [1.807, 2.05) is 0 Å². The molecule has 75 valence electrons. The quantitative estimate of drug-likeness (QED) is 0.722. The fraction of sp³-hybridized carbons (Fsp3) is 1.00. The Morgan fingerprint density at radius 1 is 0.900 bits per heavy atom. The molecule has 0 spiro atoms. The molecule has 2 nitrogen and oxygen atoms in total. The zero-order chi connectivity index (χ0) is 6.12. The fourth-order valence-corrected chi connectivity index (χ4v) is 0. The predicted octanol–water partition coefficient (Wildman–Crippen LogP) is 1.55. The summed E-state index contributed by atoms with van der Waals surface area (Å²) in [6, 6.07) is 0. The Labute approximate surface area is 94.6 Å². The minimum atomic E-state index is 0. The second-order valence-corrected chi connectivity index (χ2v) is 2.18. The summed E-state index contributed by atoms with van der Waals surface area (Å²) in [5.74, 6) is 0. The Morgan fingerprint density at radius 3 is 1.00 bits per heavy atom. The van der Waals surface area contributed by atoms with Crippen LogP contribution < -0.4 is 11.5 Å². The van der Waals surface area contributed by atoms with Crippen molar-refractivity contribution < 1.29 is 13.1 Å². The summed E-state index contributed by atoms with van der Waals surface area (Å²) in [7, 11) is 9.34. The van der Waals surface area contributed by atoms with Crippen LogP contribution in [0.1, 0.15) is 0 Å². The molecule has 0 saturated carbocycles. The van der Waals surface area contributed by atoms with Crippen LogP contribution in [0.25, 0.3) is 0 Å². The normalized spacial score (nSPS) is 5.20. The van der Waals surface area contributed by atoms with Crippen LogP contribution in [0.4, 0.5) is 0 Å². The third kappa shape index (κ3) is 93.6. The van der Waals surface area contributed by atoms with E-state index in [9.17, 15) is 0 Å². The van der Waals surface area contributed by atoms with Gasteiger partial charge in [0.05, 0.1) is 0 Å². The van der Waals surface area contributed by atoms with Crippen LogP contribution in [-0.2, 0) is 13.1 Å². The first-order valence-corrected chi connectivity index (χ1v) is 4.14. The molecule has 0 fully saturated rings. The molecule has 0 aromatic rings. The maximum atomic E-state index is 4.90. The van der Waals surface area contributed by atoms with Gasteiger partial charge in [0.2, 0.25) is 0 Å². The van der Waals surface area contributed by atoms with Crippen molar-refractivity contribution >= 4 is 57.4 Å². The van der Waals surface area contributed by atoms with Gasteiger partial charge in [0, 0.05) is 13.1 Å². The molecule has 0 unspecified atom stereocenters. The van der Waals surface area contributed by atoms with Gasteiger partial charge in [0.15, 0.2) is 0 Å². The van der Waals surface area contributed by atoms with Crippen molar-refractivity contribution in [2.75, 3.05) is 13.1 Å². The van der Waals surface area contributed by atoms with Crippen LogP contribution >= 0.6 is 57.4 Å². The van der Waals surface area contributed by atoms with E-state index in [1.54, 1.807) is 0 Å². The number of nitrogens with two attached hydrogens (primary N) is 2. The van der Waals surface area contributed by atoms with E-state index in [0.29, 0.717) is 13.1 Å². The molecule has 0 radical (unpaired) electrons. The van der Waals surface area contributed by atoms with Crippen LogP contribution in [-0.4, -0.2) is 13.1 Å². The first-order valence-electron chi connectivity index (χ1n) is 1.54. The van der Waals surface area contributed by atoms with Crippen molar-refractivity contribution in [1.82, 2.24) is 0 Å². The molecule has 10 heavy (non-hydrogen) atoms. The number of hydrogen-bond acceptors (Lipinski definition) is 2. The molecule has 0 aromatic heterocycles. The number of halogens is 5. The Morgan fingerprint density at radius 2 is 1.00 bits per heavy atom. The summed E-state index contributed by atoms with van der Waals surface area (Å²) < 4.78 is 0. The summed E-state index contributed by atoms with van der Waals surface area (Å²) in [4.78, 5) is 0. The zero-order valence-corrected chi connectivity index (χ0v) is 9.75. The molecule has 8 heteroatoms. The van der Waals surface area contributed by atoms with E-state index >= 15 is 0 Å². The minimum absolute atomic E-state index is 0.